The number of ether oxygens (including phenoxy) is 1. The molecule has 0 heterocycles. The van der Waals surface area contributed by atoms with Crippen molar-refractivity contribution >= 4 is 17.6 Å². The Morgan fingerprint density at radius 1 is 1.53 bits per heavy atom. The number of carbonyl (C=O) groups is 1. The number of halogens is 1. The summed E-state index contributed by atoms with van der Waals surface area (Å²) in [5, 5.41) is 10.2. The fourth-order valence-corrected chi connectivity index (χ4v) is 1.49. The van der Waals surface area contributed by atoms with Crippen molar-refractivity contribution in [3.8, 4) is 0 Å². The van der Waals surface area contributed by atoms with Gasteiger partial charge < -0.3 is 9.84 Å². The minimum absolute atomic E-state index is 0.0719. The second kappa shape index (κ2) is 5.73. The number of benzene rings is 1. The van der Waals surface area contributed by atoms with Gasteiger partial charge in [0.25, 0.3) is 0 Å². The normalized spacial score (nSPS) is 12.2. The minimum atomic E-state index is -0.905. The Labute approximate surface area is 93.6 Å². The fraction of sp³-hybridized carbons (Fsp3) is 0.364. The molecule has 1 rings (SSSR count). The van der Waals surface area contributed by atoms with Crippen LogP contribution in [0.5, 0.6) is 0 Å². The SMILES string of the molecule is CCOC(=O)C[C@@H](O)c1ccccc1Cl. The van der Waals surface area contributed by atoms with Gasteiger partial charge >= 0.3 is 5.97 Å². The van der Waals surface area contributed by atoms with Crippen molar-refractivity contribution in [3.63, 3.8) is 0 Å². The van der Waals surface area contributed by atoms with E-state index >= 15 is 0 Å². The number of hydrogen-bond acceptors (Lipinski definition) is 3. The summed E-state index contributed by atoms with van der Waals surface area (Å²) in [5.74, 6) is -0.426. The van der Waals surface area contributed by atoms with Crippen LogP contribution in [0.1, 0.15) is 25.0 Å². The summed E-state index contributed by atoms with van der Waals surface area (Å²) in [7, 11) is 0. The Bertz CT molecular complexity index is 338. The molecule has 0 spiro atoms. The molecule has 1 aromatic carbocycles. The first-order chi connectivity index (χ1) is 7.15. The molecule has 0 bridgehead atoms. The van der Waals surface area contributed by atoms with Crippen LogP contribution < -0.4 is 0 Å². The standard InChI is InChI=1S/C11H13ClO3/c1-2-15-11(14)7-10(13)8-5-3-4-6-9(8)12/h3-6,10,13H,2,7H2,1H3/t10-/m1/s1. The maximum absolute atomic E-state index is 11.1. The summed E-state index contributed by atoms with van der Waals surface area (Å²) in [6, 6.07) is 6.88. The van der Waals surface area contributed by atoms with Crippen LogP contribution >= 0.6 is 11.6 Å². The molecule has 3 nitrogen and oxygen atoms in total. The maximum Gasteiger partial charge on any atom is 0.308 e. The molecule has 0 aromatic heterocycles. The zero-order valence-electron chi connectivity index (χ0n) is 8.44. The lowest BCUT2D eigenvalue weighted by molar-refractivity contribution is -0.145. The lowest BCUT2D eigenvalue weighted by Gasteiger charge is -2.11. The Morgan fingerprint density at radius 3 is 2.80 bits per heavy atom. The Morgan fingerprint density at radius 2 is 2.20 bits per heavy atom. The first-order valence-electron chi connectivity index (χ1n) is 4.73. The maximum atomic E-state index is 11.1. The third kappa shape index (κ3) is 3.53. The number of esters is 1. The van der Waals surface area contributed by atoms with E-state index in [1.54, 1.807) is 31.2 Å². The molecule has 0 amide bonds. The highest BCUT2D eigenvalue weighted by molar-refractivity contribution is 6.31. The highest BCUT2D eigenvalue weighted by Crippen LogP contribution is 2.24. The topological polar surface area (TPSA) is 46.5 Å². The van der Waals surface area contributed by atoms with Gasteiger partial charge in [-0.05, 0) is 18.6 Å². The molecule has 0 aliphatic rings. The third-order valence-electron chi connectivity index (χ3n) is 1.93. The van der Waals surface area contributed by atoms with Gasteiger partial charge in [0.15, 0.2) is 0 Å². The zero-order chi connectivity index (χ0) is 11.3. The summed E-state index contributed by atoms with van der Waals surface area (Å²) in [6.45, 7) is 2.04. The minimum Gasteiger partial charge on any atom is -0.466 e. The van der Waals surface area contributed by atoms with Gasteiger partial charge in [0, 0.05) is 5.02 Å². The van der Waals surface area contributed by atoms with Crippen LogP contribution in [-0.4, -0.2) is 17.7 Å². The number of carbonyl (C=O) groups excluding carboxylic acids is 1. The lowest BCUT2D eigenvalue weighted by atomic mass is 10.1. The second-order valence-electron chi connectivity index (χ2n) is 3.05. The van der Waals surface area contributed by atoms with Crippen LogP contribution in [0.25, 0.3) is 0 Å². The molecular formula is C11H13ClO3. The molecule has 0 fully saturated rings. The number of aliphatic hydroxyl groups excluding tert-OH is 1. The van der Waals surface area contributed by atoms with Crippen molar-refractivity contribution in [1.82, 2.24) is 0 Å². The van der Waals surface area contributed by atoms with Crippen LogP contribution in [0.4, 0.5) is 0 Å². The first-order valence-corrected chi connectivity index (χ1v) is 5.11. The monoisotopic (exact) mass is 228 g/mol. The van der Waals surface area contributed by atoms with Gasteiger partial charge in [-0.2, -0.15) is 0 Å². The van der Waals surface area contributed by atoms with Crippen molar-refractivity contribution < 1.29 is 14.6 Å². The molecule has 0 saturated heterocycles. The third-order valence-corrected chi connectivity index (χ3v) is 2.27. The zero-order valence-corrected chi connectivity index (χ0v) is 9.20. The number of hydrogen-bond donors (Lipinski definition) is 1. The summed E-state index contributed by atoms with van der Waals surface area (Å²) in [5.41, 5.74) is 0.548. The summed E-state index contributed by atoms with van der Waals surface area (Å²) in [6.07, 6.45) is -0.977. The average Bonchev–Trinajstić information content (AvgIpc) is 2.18. The molecule has 4 heteroatoms. The van der Waals surface area contributed by atoms with Crippen molar-refractivity contribution in [2.75, 3.05) is 6.61 Å². The van der Waals surface area contributed by atoms with Crippen LogP contribution in [0.2, 0.25) is 5.02 Å². The summed E-state index contributed by atoms with van der Waals surface area (Å²) in [4.78, 5) is 11.1. The van der Waals surface area contributed by atoms with E-state index in [0.29, 0.717) is 17.2 Å². The molecular weight excluding hydrogens is 216 g/mol. The van der Waals surface area contributed by atoms with E-state index in [-0.39, 0.29) is 6.42 Å². The molecule has 0 unspecified atom stereocenters. The summed E-state index contributed by atoms with van der Waals surface area (Å²) < 4.78 is 4.73. The van der Waals surface area contributed by atoms with E-state index < -0.39 is 12.1 Å². The molecule has 0 aliphatic carbocycles. The molecule has 0 saturated carbocycles. The van der Waals surface area contributed by atoms with Crippen LogP contribution in [0.3, 0.4) is 0 Å². The van der Waals surface area contributed by atoms with E-state index in [1.165, 1.54) is 0 Å². The van der Waals surface area contributed by atoms with E-state index in [4.69, 9.17) is 16.3 Å². The van der Waals surface area contributed by atoms with Gasteiger partial charge in [0.1, 0.15) is 0 Å². The quantitative estimate of drug-likeness (QED) is 0.805. The van der Waals surface area contributed by atoms with Crippen molar-refractivity contribution in [2.45, 2.75) is 19.4 Å². The van der Waals surface area contributed by atoms with E-state index in [9.17, 15) is 9.90 Å². The first kappa shape index (κ1) is 12.0. The van der Waals surface area contributed by atoms with E-state index in [2.05, 4.69) is 0 Å². The smallest absolute Gasteiger partial charge is 0.308 e. The predicted molar refractivity (Wildman–Crippen MR) is 57.7 cm³/mol. The van der Waals surface area contributed by atoms with Gasteiger partial charge in [0.2, 0.25) is 0 Å². The highest BCUT2D eigenvalue weighted by Gasteiger charge is 2.15. The van der Waals surface area contributed by atoms with Gasteiger partial charge in [-0.1, -0.05) is 29.8 Å². The molecule has 82 valence electrons. The Kier molecular flexibility index (Phi) is 4.59. The van der Waals surface area contributed by atoms with Crippen LogP contribution in [0, 0.1) is 0 Å². The lowest BCUT2D eigenvalue weighted by Crippen LogP contribution is -2.10. The molecule has 0 radical (unpaired) electrons. The van der Waals surface area contributed by atoms with Crippen molar-refractivity contribution in [2.24, 2.45) is 0 Å². The van der Waals surface area contributed by atoms with E-state index in [0.717, 1.165) is 0 Å². The number of aliphatic hydroxyl groups is 1. The predicted octanol–water partition coefficient (Wildman–Crippen LogP) is 2.33. The molecule has 1 N–H and O–H groups in total. The Balaban J connectivity index is 2.65. The second-order valence-corrected chi connectivity index (χ2v) is 3.45. The van der Waals surface area contributed by atoms with Gasteiger partial charge in [-0.3, -0.25) is 4.79 Å². The van der Waals surface area contributed by atoms with Gasteiger partial charge in [-0.25, -0.2) is 0 Å². The molecule has 1 atom stereocenters. The van der Waals surface area contributed by atoms with Crippen LogP contribution in [0.15, 0.2) is 24.3 Å². The average molecular weight is 229 g/mol. The highest BCUT2D eigenvalue weighted by atomic mass is 35.5. The van der Waals surface area contributed by atoms with Crippen molar-refractivity contribution in [3.05, 3.63) is 34.9 Å². The van der Waals surface area contributed by atoms with Crippen LogP contribution in [-0.2, 0) is 9.53 Å². The van der Waals surface area contributed by atoms with Crippen molar-refractivity contribution in [1.29, 1.82) is 0 Å². The number of rotatable bonds is 4. The molecule has 1 aromatic rings. The summed E-state index contributed by atoms with van der Waals surface area (Å²) >= 11 is 5.87. The molecule has 0 aliphatic heterocycles. The Hall–Kier alpha value is -1.06. The van der Waals surface area contributed by atoms with Gasteiger partial charge in [-0.15, -0.1) is 0 Å². The molecule has 15 heavy (non-hydrogen) atoms. The largest absolute Gasteiger partial charge is 0.466 e. The van der Waals surface area contributed by atoms with E-state index in [1.807, 2.05) is 0 Å². The fourth-order valence-electron chi connectivity index (χ4n) is 1.23. The van der Waals surface area contributed by atoms with Gasteiger partial charge in [0.05, 0.1) is 19.1 Å².